The number of aliphatic hydroxyl groups excluding tert-OH is 1. The Balaban J connectivity index is 2.13. The molecule has 0 amide bonds. The van der Waals surface area contributed by atoms with Gasteiger partial charge in [-0.2, -0.15) is 0 Å². The number of rotatable bonds is 2. The molecule has 16 heavy (non-hydrogen) atoms. The van der Waals surface area contributed by atoms with Crippen molar-refractivity contribution in [3.05, 3.63) is 29.3 Å². The second-order valence-electron chi connectivity index (χ2n) is 4.87. The first-order valence-corrected chi connectivity index (χ1v) is 6.19. The van der Waals surface area contributed by atoms with Gasteiger partial charge < -0.3 is 10.4 Å². The summed E-state index contributed by atoms with van der Waals surface area (Å²) in [6, 6.07) is 6.54. The number of benzene rings is 1. The molecule has 0 aromatic heterocycles. The van der Waals surface area contributed by atoms with Crippen molar-refractivity contribution < 1.29 is 5.11 Å². The molecule has 2 atom stereocenters. The van der Waals surface area contributed by atoms with Crippen molar-refractivity contribution in [2.24, 2.45) is 0 Å². The Hall–Kier alpha value is -1.02. The van der Waals surface area contributed by atoms with E-state index in [0.717, 1.165) is 19.3 Å². The van der Waals surface area contributed by atoms with Crippen LogP contribution in [0.15, 0.2) is 18.2 Å². The van der Waals surface area contributed by atoms with Gasteiger partial charge >= 0.3 is 0 Å². The SMILES string of the molecule is Cc1cccc(C)c1N[C@@H]1CCCC[C@H]1O. The van der Waals surface area contributed by atoms with Crippen LogP contribution in [0.2, 0.25) is 0 Å². The zero-order valence-corrected chi connectivity index (χ0v) is 10.2. The highest BCUT2D eigenvalue weighted by atomic mass is 16.3. The predicted octanol–water partition coefficient (Wildman–Crippen LogP) is 3.02. The van der Waals surface area contributed by atoms with E-state index in [-0.39, 0.29) is 12.1 Å². The third-order valence-electron chi connectivity index (χ3n) is 3.54. The van der Waals surface area contributed by atoms with Gasteiger partial charge in [0.25, 0.3) is 0 Å². The quantitative estimate of drug-likeness (QED) is 0.801. The van der Waals surface area contributed by atoms with E-state index in [2.05, 4.69) is 37.4 Å². The maximum absolute atomic E-state index is 9.95. The van der Waals surface area contributed by atoms with Crippen LogP contribution in [0, 0.1) is 13.8 Å². The van der Waals surface area contributed by atoms with Gasteiger partial charge in [0.2, 0.25) is 0 Å². The topological polar surface area (TPSA) is 32.3 Å². The lowest BCUT2D eigenvalue weighted by molar-refractivity contribution is 0.116. The summed E-state index contributed by atoms with van der Waals surface area (Å²) < 4.78 is 0. The minimum atomic E-state index is -0.187. The number of hydrogen-bond donors (Lipinski definition) is 2. The Bertz CT molecular complexity index is 342. The van der Waals surface area contributed by atoms with Crippen LogP contribution in [-0.2, 0) is 0 Å². The number of hydrogen-bond acceptors (Lipinski definition) is 2. The molecule has 2 rings (SSSR count). The van der Waals surface area contributed by atoms with Gasteiger partial charge in [-0.25, -0.2) is 0 Å². The van der Waals surface area contributed by atoms with E-state index in [0.29, 0.717) is 0 Å². The molecule has 1 saturated carbocycles. The minimum Gasteiger partial charge on any atom is -0.391 e. The van der Waals surface area contributed by atoms with Crippen molar-refractivity contribution in [2.75, 3.05) is 5.32 Å². The highest BCUT2D eigenvalue weighted by Gasteiger charge is 2.23. The van der Waals surface area contributed by atoms with Crippen molar-refractivity contribution in [1.82, 2.24) is 0 Å². The zero-order valence-electron chi connectivity index (χ0n) is 10.2. The summed E-state index contributed by atoms with van der Waals surface area (Å²) in [6.45, 7) is 4.23. The van der Waals surface area contributed by atoms with Crippen molar-refractivity contribution >= 4 is 5.69 Å². The Kier molecular flexibility index (Phi) is 3.49. The van der Waals surface area contributed by atoms with Gasteiger partial charge in [-0.1, -0.05) is 31.0 Å². The maximum Gasteiger partial charge on any atom is 0.0741 e. The number of aliphatic hydroxyl groups is 1. The van der Waals surface area contributed by atoms with Gasteiger partial charge in [0.15, 0.2) is 0 Å². The monoisotopic (exact) mass is 219 g/mol. The van der Waals surface area contributed by atoms with Gasteiger partial charge in [-0.15, -0.1) is 0 Å². The molecule has 1 aliphatic carbocycles. The standard InChI is InChI=1S/C14H21NO/c1-10-6-5-7-11(2)14(10)15-12-8-3-4-9-13(12)16/h5-7,12-13,15-16H,3-4,8-9H2,1-2H3/t12-,13-/m1/s1. The Labute approximate surface area is 97.7 Å². The lowest BCUT2D eigenvalue weighted by Gasteiger charge is -2.30. The van der Waals surface area contributed by atoms with E-state index in [9.17, 15) is 5.11 Å². The fraction of sp³-hybridized carbons (Fsp3) is 0.571. The molecule has 2 N–H and O–H groups in total. The van der Waals surface area contributed by atoms with Crippen LogP contribution < -0.4 is 5.32 Å². The highest BCUT2D eigenvalue weighted by molar-refractivity contribution is 5.57. The van der Waals surface area contributed by atoms with Crippen molar-refractivity contribution in [3.8, 4) is 0 Å². The van der Waals surface area contributed by atoms with Crippen LogP contribution in [-0.4, -0.2) is 17.3 Å². The molecule has 2 nitrogen and oxygen atoms in total. The van der Waals surface area contributed by atoms with Gasteiger partial charge in [-0.3, -0.25) is 0 Å². The molecule has 0 bridgehead atoms. The summed E-state index contributed by atoms with van der Waals surface area (Å²) in [7, 11) is 0. The molecule has 1 aromatic rings. The molecule has 2 heteroatoms. The number of anilines is 1. The van der Waals surface area contributed by atoms with Crippen LogP contribution in [0.25, 0.3) is 0 Å². The summed E-state index contributed by atoms with van der Waals surface area (Å²) >= 11 is 0. The van der Waals surface area contributed by atoms with E-state index in [4.69, 9.17) is 0 Å². The molecule has 1 aromatic carbocycles. The first-order chi connectivity index (χ1) is 7.68. The van der Waals surface area contributed by atoms with Gasteiger partial charge in [0.05, 0.1) is 12.1 Å². The molecule has 88 valence electrons. The summed E-state index contributed by atoms with van der Waals surface area (Å²) in [5, 5.41) is 13.5. The zero-order chi connectivity index (χ0) is 11.5. The van der Waals surface area contributed by atoms with Crippen molar-refractivity contribution in [2.45, 2.75) is 51.7 Å². The average molecular weight is 219 g/mol. The van der Waals surface area contributed by atoms with Crippen LogP contribution in [0.3, 0.4) is 0 Å². The van der Waals surface area contributed by atoms with Gasteiger partial charge in [0, 0.05) is 5.69 Å². The molecule has 0 radical (unpaired) electrons. The third-order valence-corrected chi connectivity index (χ3v) is 3.54. The molecule has 1 fully saturated rings. The molecule has 0 aliphatic heterocycles. The smallest absolute Gasteiger partial charge is 0.0741 e. The lowest BCUT2D eigenvalue weighted by Crippen LogP contribution is -2.36. The predicted molar refractivity (Wildman–Crippen MR) is 67.8 cm³/mol. The summed E-state index contributed by atoms with van der Waals surface area (Å²) in [5.41, 5.74) is 3.73. The fourth-order valence-corrected chi connectivity index (χ4v) is 2.51. The summed E-state index contributed by atoms with van der Waals surface area (Å²) in [4.78, 5) is 0. The maximum atomic E-state index is 9.95. The number of nitrogens with one attached hydrogen (secondary N) is 1. The average Bonchev–Trinajstić information content (AvgIpc) is 2.26. The Morgan fingerprint density at radius 3 is 2.38 bits per heavy atom. The Morgan fingerprint density at radius 1 is 1.12 bits per heavy atom. The summed E-state index contributed by atoms with van der Waals surface area (Å²) in [6.07, 6.45) is 4.20. The van der Waals surface area contributed by atoms with Crippen LogP contribution in [0.4, 0.5) is 5.69 Å². The fourth-order valence-electron chi connectivity index (χ4n) is 2.51. The van der Waals surface area contributed by atoms with Gasteiger partial charge in [-0.05, 0) is 37.8 Å². The summed E-state index contributed by atoms with van der Waals surface area (Å²) in [5.74, 6) is 0. The lowest BCUT2D eigenvalue weighted by atomic mass is 9.92. The largest absolute Gasteiger partial charge is 0.391 e. The molecule has 0 saturated heterocycles. The molecular formula is C14H21NO. The van der Waals surface area contributed by atoms with Gasteiger partial charge in [0.1, 0.15) is 0 Å². The van der Waals surface area contributed by atoms with E-state index < -0.39 is 0 Å². The molecule has 1 aliphatic rings. The highest BCUT2D eigenvalue weighted by Crippen LogP contribution is 2.26. The second-order valence-corrected chi connectivity index (χ2v) is 4.87. The minimum absolute atomic E-state index is 0.187. The molecular weight excluding hydrogens is 198 g/mol. The van der Waals surface area contributed by atoms with Crippen LogP contribution in [0.1, 0.15) is 36.8 Å². The number of para-hydroxylation sites is 1. The molecule has 0 heterocycles. The number of aryl methyl sites for hydroxylation is 2. The van der Waals surface area contributed by atoms with Crippen molar-refractivity contribution in [1.29, 1.82) is 0 Å². The van der Waals surface area contributed by atoms with Crippen LogP contribution in [0.5, 0.6) is 0 Å². The first-order valence-electron chi connectivity index (χ1n) is 6.19. The first kappa shape index (κ1) is 11.5. The third kappa shape index (κ3) is 2.38. The second kappa shape index (κ2) is 4.88. The van der Waals surface area contributed by atoms with E-state index >= 15 is 0 Å². The van der Waals surface area contributed by atoms with E-state index in [1.165, 1.54) is 23.2 Å². The molecule has 0 spiro atoms. The van der Waals surface area contributed by atoms with E-state index in [1.807, 2.05) is 0 Å². The molecule has 0 unspecified atom stereocenters. The van der Waals surface area contributed by atoms with Crippen molar-refractivity contribution in [3.63, 3.8) is 0 Å². The Morgan fingerprint density at radius 2 is 1.75 bits per heavy atom. The normalized spacial score (nSPS) is 25.4. The van der Waals surface area contributed by atoms with E-state index in [1.54, 1.807) is 0 Å². The van der Waals surface area contributed by atoms with Crippen LogP contribution >= 0.6 is 0 Å².